The van der Waals surface area contributed by atoms with E-state index in [1.807, 2.05) is 0 Å². The smallest absolute Gasteiger partial charge is 0.266 e. The zero-order valence-electron chi connectivity index (χ0n) is 10.4. The second-order valence-electron chi connectivity index (χ2n) is 4.21. The first-order valence-corrected chi connectivity index (χ1v) is 6.25. The topological polar surface area (TPSA) is 90.9 Å². The fourth-order valence-electron chi connectivity index (χ4n) is 1.97. The fourth-order valence-corrected chi connectivity index (χ4v) is 2.14. The molecule has 0 N–H and O–H groups in total. The molecule has 3 aromatic rings. The van der Waals surface area contributed by atoms with Crippen molar-refractivity contribution in [3.8, 4) is 0 Å². The van der Waals surface area contributed by atoms with Gasteiger partial charge in [-0.3, -0.25) is 14.9 Å². The van der Waals surface area contributed by atoms with Crippen molar-refractivity contribution < 1.29 is 9.72 Å². The molecule has 0 saturated heterocycles. The number of fused-ring (bicyclic) bond motifs is 1. The van der Waals surface area contributed by atoms with Crippen molar-refractivity contribution in [3.63, 3.8) is 0 Å². The molecule has 0 atom stereocenters. The Hall–Kier alpha value is -2.80. The molecule has 0 saturated carbocycles. The normalized spacial score (nSPS) is 10.7. The second kappa shape index (κ2) is 4.95. The van der Waals surface area contributed by atoms with E-state index in [1.54, 1.807) is 24.3 Å². The molecule has 1 aromatic heterocycles. The summed E-state index contributed by atoms with van der Waals surface area (Å²) in [6.45, 7) is 0. The minimum absolute atomic E-state index is 0.136. The number of para-hydroxylation sites is 1. The van der Waals surface area contributed by atoms with E-state index < -0.39 is 10.8 Å². The van der Waals surface area contributed by atoms with Crippen LogP contribution in [0, 0.1) is 10.1 Å². The van der Waals surface area contributed by atoms with E-state index in [0.29, 0.717) is 11.0 Å². The number of carbonyl (C=O) groups is 1. The van der Waals surface area contributed by atoms with E-state index in [1.165, 1.54) is 18.2 Å². The number of hydrogen-bond donors (Lipinski definition) is 0. The standard InChI is InChI=1S/C13H7ClN4O3/c14-8-5-6-11(18(20)21)9(7-8)13(19)17-12-4-2-1-3-10(12)15-16-17/h1-7H. The predicted molar refractivity (Wildman–Crippen MR) is 75.4 cm³/mol. The highest BCUT2D eigenvalue weighted by Crippen LogP contribution is 2.24. The number of rotatable bonds is 2. The van der Waals surface area contributed by atoms with E-state index >= 15 is 0 Å². The van der Waals surface area contributed by atoms with Gasteiger partial charge in [0.15, 0.2) is 0 Å². The molecule has 7 nitrogen and oxygen atoms in total. The van der Waals surface area contributed by atoms with Crippen molar-refractivity contribution in [3.05, 3.63) is 63.2 Å². The van der Waals surface area contributed by atoms with E-state index in [0.717, 1.165) is 4.68 Å². The van der Waals surface area contributed by atoms with Crippen molar-refractivity contribution in [2.75, 3.05) is 0 Å². The highest BCUT2D eigenvalue weighted by atomic mass is 35.5. The van der Waals surface area contributed by atoms with Crippen LogP contribution in [0.15, 0.2) is 42.5 Å². The lowest BCUT2D eigenvalue weighted by molar-refractivity contribution is -0.385. The average Bonchev–Trinajstić information content (AvgIpc) is 2.90. The molecule has 0 bridgehead atoms. The van der Waals surface area contributed by atoms with Crippen LogP contribution in [0.1, 0.15) is 10.4 Å². The number of halogens is 1. The van der Waals surface area contributed by atoms with E-state index in [9.17, 15) is 14.9 Å². The first-order valence-electron chi connectivity index (χ1n) is 5.87. The number of nitro benzene ring substituents is 1. The Labute approximate surface area is 122 Å². The molecule has 0 radical (unpaired) electrons. The summed E-state index contributed by atoms with van der Waals surface area (Å²) >= 11 is 5.83. The molecule has 0 unspecified atom stereocenters. The zero-order chi connectivity index (χ0) is 15.0. The molecule has 0 aliphatic heterocycles. The van der Waals surface area contributed by atoms with Crippen LogP contribution in [0.3, 0.4) is 0 Å². The summed E-state index contributed by atoms with van der Waals surface area (Å²) in [7, 11) is 0. The summed E-state index contributed by atoms with van der Waals surface area (Å²) in [5.41, 5.74) is 0.527. The Bertz CT molecular complexity index is 875. The number of nitro groups is 1. The maximum absolute atomic E-state index is 12.5. The van der Waals surface area contributed by atoms with Crippen LogP contribution in [-0.2, 0) is 0 Å². The number of benzene rings is 2. The Morgan fingerprint density at radius 2 is 2.00 bits per heavy atom. The zero-order valence-corrected chi connectivity index (χ0v) is 11.2. The van der Waals surface area contributed by atoms with Gasteiger partial charge in [-0.25, -0.2) is 0 Å². The Morgan fingerprint density at radius 1 is 1.24 bits per heavy atom. The van der Waals surface area contributed by atoms with Crippen molar-refractivity contribution in [1.82, 2.24) is 15.0 Å². The van der Waals surface area contributed by atoms with Crippen LogP contribution < -0.4 is 0 Å². The van der Waals surface area contributed by atoms with E-state index in [2.05, 4.69) is 10.3 Å². The Balaban J connectivity index is 2.19. The monoisotopic (exact) mass is 302 g/mol. The van der Waals surface area contributed by atoms with Gasteiger partial charge in [-0.15, -0.1) is 5.10 Å². The largest absolute Gasteiger partial charge is 0.287 e. The third kappa shape index (κ3) is 2.23. The van der Waals surface area contributed by atoms with Crippen LogP contribution in [0.25, 0.3) is 11.0 Å². The van der Waals surface area contributed by atoms with Gasteiger partial charge in [-0.05, 0) is 24.3 Å². The maximum atomic E-state index is 12.5. The first kappa shape index (κ1) is 13.2. The van der Waals surface area contributed by atoms with Gasteiger partial charge < -0.3 is 0 Å². The third-order valence-electron chi connectivity index (χ3n) is 2.93. The van der Waals surface area contributed by atoms with Gasteiger partial charge in [-0.1, -0.05) is 28.9 Å². The fraction of sp³-hybridized carbons (Fsp3) is 0. The first-order chi connectivity index (χ1) is 10.1. The molecule has 0 amide bonds. The minimum Gasteiger partial charge on any atom is -0.266 e. The molecule has 0 aliphatic rings. The van der Waals surface area contributed by atoms with Gasteiger partial charge >= 0.3 is 0 Å². The molecule has 0 aliphatic carbocycles. The van der Waals surface area contributed by atoms with Crippen LogP contribution in [0.2, 0.25) is 5.02 Å². The lowest BCUT2D eigenvalue weighted by atomic mass is 10.1. The highest BCUT2D eigenvalue weighted by Gasteiger charge is 2.23. The van der Waals surface area contributed by atoms with Gasteiger partial charge in [0.2, 0.25) is 0 Å². The Kier molecular flexibility index (Phi) is 3.11. The van der Waals surface area contributed by atoms with Crippen LogP contribution >= 0.6 is 11.6 Å². The predicted octanol–water partition coefficient (Wildman–Crippen LogP) is 2.68. The second-order valence-corrected chi connectivity index (χ2v) is 4.65. The number of aromatic nitrogens is 3. The van der Waals surface area contributed by atoms with Gasteiger partial charge in [0.05, 0.1) is 10.4 Å². The van der Waals surface area contributed by atoms with Gasteiger partial charge in [0, 0.05) is 11.1 Å². The number of carbonyl (C=O) groups excluding carboxylic acids is 1. The number of hydrogen-bond acceptors (Lipinski definition) is 5. The lowest BCUT2D eigenvalue weighted by Gasteiger charge is -2.03. The average molecular weight is 303 g/mol. The van der Waals surface area contributed by atoms with Crippen molar-refractivity contribution >= 4 is 34.2 Å². The summed E-state index contributed by atoms with van der Waals surface area (Å²) in [6.07, 6.45) is 0. The lowest BCUT2D eigenvalue weighted by Crippen LogP contribution is -2.15. The van der Waals surface area contributed by atoms with E-state index in [4.69, 9.17) is 11.6 Å². The molecule has 21 heavy (non-hydrogen) atoms. The minimum atomic E-state index is -0.655. The van der Waals surface area contributed by atoms with Crippen molar-refractivity contribution in [2.24, 2.45) is 0 Å². The molecule has 1 heterocycles. The van der Waals surface area contributed by atoms with Gasteiger partial charge in [-0.2, -0.15) is 4.68 Å². The van der Waals surface area contributed by atoms with Crippen molar-refractivity contribution in [2.45, 2.75) is 0 Å². The van der Waals surface area contributed by atoms with E-state index in [-0.39, 0.29) is 16.3 Å². The van der Waals surface area contributed by atoms with Gasteiger partial charge in [0.25, 0.3) is 11.6 Å². The Morgan fingerprint density at radius 3 is 2.76 bits per heavy atom. The highest BCUT2D eigenvalue weighted by molar-refractivity contribution is 6.31. The van der Waals surface area contributed by atoms with Crippen LogP contribution in [0.4, 0.5) is 5.69 Å². The maximum Gasteiger partial charge on any atom is 0.287 e. The summed E-state index contributed by atoms with van der Waals surface area (Å²) in [6, 6.07) is 10.6. The molecule has 3 rings (SSSR count). The molecule has 104 valence electrons. The summed E-state index contributed by atoms with van der Waals surface area (Å²) < 4.78 is 1.02. The summed E-state index contributed by atoms with van der Waals surface area (Å²) in [4.78, 5) is 22.9. The SMILES string of the molecule is O=C(c1cc(Cl)ccc1[N+](=O)[O-])n1nnc2ccccc21. The quantitative estimate of drug-likeness (QED) is 0.536. The third-order valence-corrected chi connectivity index (χ3v) is 3.16. The van der Waals surface area contributed by atoms with Crippen LogP contribution in [-0.4, -0.2) is 25.8 Å². The summed E-state index contributed by atoms with van der Waals surface area (Å²) in [5, 5.41) is 18.9. The molecule has 0 fully saturated rings. The molecule has 0 spiro atoms. The molecule has 8 heteroatoms. The van der Waals surface area contributed by atoms with Crippen LogP contribution in [0.5, 0.6) is 0 Å². The number of nitrogens with zero attached hydrogens (tertiary/aromatic N) is 4. The molecule has 2 aromatic carbocycles. The summed E-state index contributed by atoms with van der Waals surface area (Å²) in [5.74, 6) is -0.655. The molecular weight excluding hydrogens is 296 g/mol. The molecular formula is C13H7ClN4O3. The van der Waals surface area contributed by atoms with Gasteiger partial charge in [0.1, 0.15) is 11.1 Å². The van der Waals surface area contributed by atoms with Crippen molar-refractivity contribution in [1.29, 1.82) is 0 Å².